The molecular weight excluding hydrogens is 394 g/mol. The van der Waals surface area contributed by atoms with Gasteiger partial charge < -0.3 is 18.9 Å². The lowest BCUT2D eigenvalue weighted by atomic mass is 10.1. The fourth-order valence-electron chi connectivity index (χ4n) is 2.66. The maximum atomic E-state index is 11.1. The molecule has 0 N–H and O–H groups in total. The van der Waals surface area contributed by atoms with Crippen molar-refractivity contribution < 1.29 is 23.7 Å². The molecule has 0 aliphatic carbocycles. The van der Waals surface area contributed by atoms with Crippen LogP contribution in [0.5, 0.6) is 23.0 Å². The Bertz CT molecular complexity index is 912. The maximum absolute atomic E-state index is 11.1. The summed E-state index contributed by atoms with van der Waals surface area (Å²) in [6.45, 7) is 1.51. The highest BCUT2D eigenvalue weighted by atomic mass is 35.5. The molecule has 0 saturated heterocycles. The van der Waals surface area contributed by atoms with E-state index in [1.807, 2.05) is 30.4 Å². The molecule has 29 heavy (non-hydrogen) atoms. The van der Waals surface area contributed by atoms with Gasteiger partial charge in [0.15, 0.2) is 17.2 Å². The first-order valence-corrected chi connectivity index (χ1v) is 9.18. The first-order valence-electron chi connectivity index (χ1n) is 8.81. The number of carbonyl (C=O) groups is 1. The number of methoxy groups -OCH3 is 4. The highest BCUT2D eigenvalue weighted by Crippen LogP contribution is 2.39. The molecule has 0 fully saturated rings. The quantitative estimate of drug-likeness (QED) is 0.413. The van der Waals surface area contributed by atoms with E-state index in [2.05, 4.69) is 4.99 Å². The van der Waals surface area contributed by atoms with Crippen molar-refractivity contribution in [3.05, 3.63) is 40.4 Å². The van der Waals surface area contributed by atoms with Crippen molar-refractivity contribution in [3.8, 4) is 23.0 Å². The Morgan fingerprint density at radius 3 is 1.93 bits per heavy atom. The minimum absolute atomic E-state index is 0.0252. The Kier molecular flexibility index (Phi) is 8.09. The summed E-state index contributed by atoms with van der Waals surface area (Å²) in [5, 5.41) is 0.425. The van der Waals surface area contributed by atoms with Crippen LogP contribution in [0.15, 0.2) is 29.3 Å². The smallest absolute Gasteiger partial charge is 0.203 e. The Morgan fingerprint density at radius 2 is 1.45 bits per heavy atom. The average molecular weight is 418 g/mol. The largest absolute Gasteiger partial charge is 0.493 e. The van der Waals surface area contributed by atoms with Crippen LogP contribution >= 0.6 is 11.6 Å². The second kappa shape index (κ2) is 10.5. The number of rotatable bonds is 9. The summed E-state index contributed by atoms with van der Waals surface area (Å²) < 4.78 is 21.4. The Labute approximate surface area is 175 Å². The van der Waals surface area contributed by atoms with E-state index in [0.29, 0.717) is 33.7 Å². The van der Waals surface area contributed by atoms with E-state index in [-0.39, 0.29) is 12.2 Å². The number of benzene rings is 2. The standard InChI is InChI=1S/C22H24ClNO5/c1-14(25)8-9-24-18-11-15(10-17(23)21(18)28-4)6-7-16-12-19(26-2)22(29-5)20(13-16)27-3/h6-7,9-13H,8H2,1-5H3/b7-6-,24-9?. The van der Waals surface area contributed by atoms with Gasteiger partial charge in [-0.2, -0.15) is 0 Å². The zero-order chi connectivity index (χ0) is 21.4. The lowest BCUT2D eigenvalue weighted by molar-refractivity contribution is -0.115. The van der Waals surface area contributed by atoms with Gasteiger partial charge in [0.2, 0.25) is 5.75 Å². The Balaban J connectivity index is 2.41. The number of halogens is 1. The topological polar surface area (TPSA) is 66.4 Å². The third-order valence-corrected chi connectivity index (χ3v) is 4.30. The number of carbonyl (C=O) groups excluding carboxylic acids is 1. The molecule has 0 radical (unpaired) electrons. The number of hydrogen-bond donors (Lipinski definition) is 0. The van der Waals surface area contributed by atoms with E-state index in [1.165, 1.54) is 14.0 Å². The molecule has 154 valence electrons. The van der Waals surface area contributed by atoms with Gasteiger partial charge in [-0.3, -0.25) is 9.79 Å². The molecule has 0 unspecified atom stereocenters. The number of Topliss-reactive ketones (excluding diaryl/α,β-unsaturated/α-hetero) is 1. The lowest BCUT2D eigenvalue weighted by Crippen LogP contribution is -1.95. The summed E-state index contributed by atoms with van der Waals surface area (Å²) in [6, 6.07) is 7.29. The van der Waals surface area contributed by atoms with Gasteiger partial charge in [0.05, 0.1) is 33.5 Å². The van der Waals surface area contributed by atoms with Crippen LogP contribution in [0.3, 0.4) is 0 Å². The summed E-state index contributed by atoms with van der Waals surface area (Å²) in [7, 11) is 6.22. The Morgan fingerprint density at radius 1 is 0.897 bits per heavy atom. The molecular formula is C22H24ClNO5. The molecule has 0 spiro atoms. The number of ketones is 1. The number of hydrogen-bond acceptors (Lipinski definition) is 6. The maximum Gasteiger partial charge on any atom is 0.203 e. The van der Waals surface area contributed by atoms with Crippen LogP contribution < -0.4 is 18.9 Å². The average Bonchev–Trinajstić information content (AvgIpc) is 2.70. The Hall–Kier alpha value is -2.99. The molecule has 0 aromatic heterocycles. The normalized spacial score (nSPS) is 11.1. The van der Waals surface area contributed by atoms with Crippen LogP contribution in [-0.4, -0.2) is 40.4 Å². The van der Waals surface area contributed by atoms with E-state index in [0.717, 1.165) is 11.1 Å². The monoisotopic (exact) mass is 417 g/mol. The second-order valence-electron chi connectivity index (χ2n) is 6.06. The van der Waals surface area contributed by atoms with Gasteiger partial charge in [-0.25, -0.2) is 0 Å². The molecule has 6 nitrogen and oxygen atoms in total. The minimum atomic E-state index is 0.0252. The molecule has 0 saturated carbocycles. The van der Waals surface area contributed by atoms with Crippen LogP contribution in [0.1, 0.15) is 24.5 Å². The van der Waals surface area contributed by atoms with Crippen molar-refractivity contribution >= 4 is 41.4 Å². The van der Waals surface area contributed by atoms with Gasteiger partial charge in [-0.1, -0.05) is 23.8 Å². The van der Waals surface area contributed by atoms with Crippen LogP contribution in [0, 0.1) is 0 Å². The van der Waals surface area contributed by atoms with E-state index in [9.17, 15) is 4.79 Å². The van der Waals surface area contributed by atoms with E-state index >= 15 is 0 Å². The van der Waals surface area contributed by atoms with Gasteiger partial charge in [-0.05, 0) is 42.3 Å². The second-order valence-corrected chi connectivity index (χ2v) is 6.47. The summed E-state index contributed by atoms with van der Waals surface area (Å²) >= 11 is 6.34. The van der Waals surface area contributed by atoms with E-state index in [4.69, 9.17) is 30.5 Å². The fourth-order valence-corrected chi connectivity index (χ4v) is 2.96. The van der Waals surface area contributed by atoms with Crippen molar-refractivity contribution in [2.24, 2.45) is 4.99 Å². The molecule has 2 rings (SSSR count). The number of ether oxygens (including phenoxy) is 4. The highest BCUT2D eigenvalue weighted by Gasteiger charge is 2.12. The van der Waals surface area contributed by atoms with Gasteiger partial charge >= 0.3 is 0 Å². The zero-order valence-electron chi connectivity index (χ0n) is 17.1. The van der Waals surface area contributed by atoms with Crippen LogP contribution in [0.25, 0.3) is 12.2 Å². The predicted octanol–water partition coefficient (Wildman–Crippen LogP) is 5.23. The van der Waals surface area contributed by atoms with Crippen LogP contribution in [-0.2, 0) is 4.79 Å². The number of aliphatic imine (C=N–C) groups is 1. The van der Waals surface area contributed by atoms with Crippen LogP contribution in [0.2, 0.25) is 5.02 Å². The molecule has 2 aromatic carbocycles. The molecule has 0 amide bonds. The molecule has 0 bridgehead atoms. The van der Waals surface area contributed by atoms with Crippen molar-refractivity contribution in [2.75, 3.05) is 28.4 Å². The first-order chi connectivity index (χ1) is 13.9. The lowest BCUT2D eigenvalue weighted by Gasteiger charge is -2.13. The molecule has 0 atom stereocenters. The van der Waals surface area contributed by atoms with Gasteiger partial charge in [0.25, 0.3) is 0 Å². The van der Waals surface area contributed by atoms with Gasteiger partial charge in [0.1, 0.15) is 11.5 Å². The fraction of sp³-hybridized carbons (Fsp3) is 0.273. The molecule has 0 aliphatic heterocycles. The van der Waals surface area contributed by atoms with Crippen molar-refractivity contribution in [3.63, 3.8) is 0 Å². The SMILES string of the molecule is COc1cc(/C=C\c2cc(Cl)c(OC)c(N=CCC(C)=O)c2)cc(OC)c1OC. The van der Waals surface area contributed by atoms with Gasteiger partial charge in [0, 0.05) is 12.6 Å². The van der Waals surface area contributed by atoms with E-state index in [1.54, 1.807) is 33.6 Å². The minimum Gasteiger partial charge on any atom is -0.493 e. The number of nitrogens with zero attached hydrogens (tertiary/aromatic N) is 1. The third kappa shape index (κ3) is 5.74. The van der Waals surface area contributed by atoms with E-state index < -0.39 is 0 Å². The zero-order valence-corrected chi connectivity index (χ0v) is 17.9. The summed E-state index contributed by atoms with van der Waals surface area (Å²) in [5.41, 5.74) is 2.22. The van der Waals surface area contributed by atoms with Crippen molar-refractivity contribution in [1.29, 1.82) is 0 Å². The third-order valence-electron chi connectivity index (χ3n) is 4.01. The van der Waals surface area contributed by atoms with Crippen molar-refractivity contribution in [2.45, 2.75) is 13.3 Å². The van der Waals surface area contributed by atoms with Gasteiger partial charge in [-0.15, -0.1) is 0 Å². The molecule has 0 heterocycles. The molecule has 0 aliphatic rings. The molecule has 7 heteroatoms. The summed E-state index contributed by atoms with van der Waals surface area (Å²) in [6.07, 6.45) is 5.57. The highest BCUT2D eigenvalue weighted by molar-refractivity contribution is 6.32. The van der Waals surface area contributed by atoms with Crippen LogP contribution in [0.4, 0.5) is 5.69 Å². The summed E-state index contributed by atoms with van der Waals surface area (Å²) in [5.74, 6) is 2.14. The predicted molar refractivity (Wildman–Crippen MR) is 116 cm³/mol. The first kappa shape index (κ1) is 22.3. The van der Waals surface area contributed by atoms with Crippen molar-refractivity contribution in [1.82, 2.24) is 0 Å². The summed E-state index contributed by atoms with van der Waals surface area (Å²) in [4.78, 5) is 15.5. The molecule has 2 aromatic rings.